The monoisotopic (exact) mass is 264 g/mol. The summed E-state index contributed by atoms with van der Waals surface area (Å²) in [6, 6.07) is 0. The molecular weight excluding hydrogens is 240 g/mol. The lowest BCUT2D eigenvalue weighted by Gasteiger charge is -2.06. The quantitative estimate of drug-likeness (QED) is 0.720. The van der Waals surface area contributed by atoms with Crippen LogP contribution in [-0.2, 0) is 26.2 Å². The number of imidazole rings is 2. The first-order chi connectivity index (χ1) is 9.21. The Morgan fingerprint density at radius 3 is 2.16 bits per heavy atom. The summed E-state index contributed by atoms with van der Waals surface area (Å²) in [5.74, 6) is 0. The standard InChI is InChI=1S/C14H24N4O/c1-3-15-7-9-17(12-15)6-5-14(19)11-18-10-8-16(4-2)13-18/h7-10,12-14,19H,3-6,11H2,1-2H3/q+2. The predicted molar refractivity (Wildman–Crippen MR) is 71.2 cm³/mol. The van der Waals surface area contributed by atoms with Gasteiger partial charge in [0, 0.05) is 6.42 Å². The van der Waals surface area contributed by atoms with Crippen LogP contribution in [0.4, 0.5) is 0 Å². The van der Waals surface area contributed by atoms with Crippen molar-refractivity contribution >= 4 is 0 Å². The van der Waals surface area contributed by atoms with Crippen LogP contribution < -0.4 is 9.13 Å². The third-order valence-corrected chi connectivity index (χ3v) is 3.36. The van der Waals surface area contributed by atoms with Crippen LogP contribution >= 0.6 is 0 Å². The molecule has 2 aromatic heterocycles. The lowest BCUT2D eigenvalue weighted by atomic mass is 10.2. The SMILES string of the molecule is CCn1cc[n+](CCC(O)C[n+]2ccn(CC)c2)c1. The van der Waals surface area contributed by atoms with E-state index in [4.69, 9.17) is 0 Å². The molecular formula is C14H24N4O+2. The van der Waals surface area contributed by atoms with Crippen molar-refractivity contribution in [3.63, 3.8) is 0 Å². The summed E-state index contributed by atoms with van der Waals surface area (Å²) in [7, 11) is 0. The Kier molecular flexibility index (Phi) is 4.74. The van der Waals surface area contributed by atoms with Crippen LogP contribution in [0.1, 0.15) is 20.3 Å². The number of nitrogens with zero attached hydrogens (tertiary/aromatic N) is 4. The van der Waals surface area contributed by atoms with E-state index in [-0.39, 0.29) is 6.10 Å². The number of aliphatic hydroxyl groups excluding tert-OH is 1. The van der Waals surface area contributed by atoms with Crippen LogP contribution in [0.15, 0.2) is 37.4 Å². The average molecular weight is 264 g/mol. The molecule has 104 valence electrons. The largest absolute Gasteiger partial charge is 0.389 e. The van der Waals surface area contributed by atoms with E-state index in [0.29, 0.717) is 6.54 Å². The molecule has 5 nitrogen and oxygen atoms in total. The van der Waals surface area contributed by atoms with Gasteiger partial charge in [0.15, 0.2) is 0 Å². The van der Waals surface area contributed by atoms with Crippen LogP contribution in [0.2, 0.25) is 0 Å². The molecule has 2 heterocycles. The van der Waals surface area contributed by atoms with E-state index in [2.05, 4.69) is 46.3 Å². The second kappa shape index (κ2) is 6.52. The van der Waals surface area contributed by atoms with Crippen molar-refractivity contribution in [1.29, 1.82) is 0 Å². The zero-order chi connectivity index (χ0) is 13.7. The molecule has 1 atom stereocenters. The molecule has 5 heteroatoms. The molecule has 1 unspecified atom stereocenters. The molecule has 0 aliphatic rings. The van der Waals surface area contributed by atoms with E-state index in [9.17, 15) is 5.11 Å². The fraction of sp³-hybridized carbons (Fsp3) is 0.571. The maximum absolute atomic E-state index is 10.1. The predicted octanol–water partition coefficient (Wildman–Crippen LogP) is 0.356. The molecule has 0 bridgehead atoms. The van der Waals surface area contributed by atoms with Gasteiger partial charge in [-0.1, -0.05) is 0 Å². The van der Waals surface area contributed by atoms with Gasteiger partial charge in [-0.3, -0.25) is 0 Å². The van der Waals surface area contributed by atoms with Gasteiger partial charge in [-0.25, -0.2) is 18.3 Å². The topological polar surface area (TPSA) is 37.9 Å². The number of rotatable bonds is 7. The summed E-state index contributed by atoms with van der Waals surface area (Å²) in [4.78, 5) is 0. The zero-order valence-corrected chi connectivity index (χ0v) is 11.8. The normalized spacial score (nSPS) is 12.8. The van der Waals surface area contributed by atoms with Crippen molar-refractivity contribution < 1.29 is 14.2 Å². The number of aryl methyl sites for hydroxylation is 3. The molecule has 0 saturated carbocycles. The molecule has 19 heavy (non-hydrogen) atoms. The summed E-state index contributed by atoms with van der Waals surface area (Å²) in [5.41, 5.74) is 0. The highest BCUT2D eigenvalue weighted by atomic mass is 16.3. The van der Waals surface area contributed by atoms with Crippen molar-refractivity contribution in [3.05, 3.63) is 37.4 Å². The minimum absolute atomic E-state index is 0.310. The van der Waals surface area contributed by atoms with Gasteiger partial charge in [0.2, 0.25) is 12.7 Å². The molecule has 0 amide bonds. The van der Waals surface area contributed by atoms with Crippen LogP contribution in [-0.4, -0.2) is 20.3 Å². The lowest BCUT2D eigenvalue weighted by molar-refractivity contribution is -0.713. The average Bonchev–Trinajstić information content (AvgIpc) is 3.04. The Labute approximate surface area is 114 Å². The van der Waals surface area contributed by atoms with E-state index in [0.717, 1.165) is 26.1 Å². The van der Waals surface area contributed by atoms with Crippen molar-refractivity contribution in [3.8, 4) is 0 Å². The number of aliphatic hydroxyl groups is 1. The van der Waals surface area contributed by atoms with E-state index in [1.807, 2.05) is 23.3 Å². The highest BCUT2D eigenvalue weighted by molar-refractivity contribution is 4.66. The first-order valence-electron chi connectivity index (χ1n) is 6.99. The Morgan fingerprint density at radius 2 is 1.58 bits per heavy atom. The fourth-order valence-corrected chi connectivity index (χ4v) is 2.12. The van der Waals surface area contributed by atoms with Crippen LogP contribution in [0.25, 0.3) is 0 Å². The van der Waals surface area contributed by atoms with Crippen molar-refractivity contribution in [2.75, 3.05) is 0 Å². The van der Waals surface area contributed by atoms with Gasteiger partial charge in [-0.2, -0.15) is 0 Å². The van der Waals surface area contributed by atoms with Crippen LogP contribution in [0, 0.1) is 0 Å². The van der Waals surface area contributed by atoms with E-state index >= 15 is 0 Å². The second-order valence-electron chi connectivity index (χ2n) is 4.87. The lowest BCUT2D eigenvalue weighted by Crippen LogP contribution is -2.40. The molecule has 1 N–H and O–H groups in total. The first-order valence-corrected chi connectivity index (χ1v) is 6.99. The summed E-state index contributed by atoms with van der Waals surface area (Å²) in [6.07, 6.45) is 12.7. The van der Waals surface area contributed by atoms with E-state index < -0.39 is 0 Å². The van der Waals surface area contributed by atoms with Crippen molar-refractivity contribution in [1.82, 2.24) is 9.13 Å². The highest BCUT2D eigenvalue weighted by Gasteiger charge is 2.12. The molecule has 2 aromatic rings. The Balaban J connectivity index is 1.79. The van der Waals surface area contributed by atoms with Crippen molar-refractivity contribution in [2.45, 2.75) is 52.6 Å². The molecule has 0 aliphatic carbocycles. The van der Waals surface area contributed by atoms with Gasteiger partial charge >= 0.3 is 0 Å². The van der Waals surface area contributed by atoms with E-state index in [1.165, 1.54) is 0 Å². The number of aromatic nitrogens is 4. The maximum atomic E-state index is 10.1. The van der Waals surface area contributed by atoms with Crippen molar-refractivity contribution in [2.24, 2.45) is 0 Å². The minimum Gasteiger partial charge on any atom is -0.389 e. The van der Waals surface area contributed by atoms with Crippen LogP contribution in [0.5, 0.6) is 0 Å². The summed E-state index contributed by atoms with van der Waals surface area (Å²) in [6.45, 7) is 7.68. The molecule has 0 radical (unpaired) electrons. The fourth-order valence-electron chi connectivity index (χ4n) is 2.12. The smallest absolute Gasteiger partial charge is 0.243 e. The van der Waals surface area contributed by atoms with Gasteiger partial charge in [0.1, 0.15) is 31.3 Å². The summed E-state index contributed by atoms with van der Waals surface area (Å²) in [5, 5.41) is 10.1. The zero-order valence-electron chi connectivity index (χ0n) is 11.8. The van der Waals surface area contributed by atoms with Gasteiger partial charge in [-0.05, 0) is 13.8 Å². The Morgan fingerprint density at radius 1 is 1.00 bits per heavy atom. The number of hydrogen-bond donors (Lipinski definition) is 1. The molecule has 2 rings (SSSR count). The minimum atomic E-state index is -0.310. The summed E-state index contributed by atoms with van der Waals surface area (Å²) < 4.78 is 8.38. The maximum Gasteiger partial charge on any atom is 0.243 e. The first kappa shape index (κ1) is 13.8. The van der Waals surface area contributed by atoms with Gasteiger partial charge < -0.3 is 5.11 Å². The summed E-state index contributed by atoms with van der Waals surface area (Å²) >= 11 is 0. The third kappa shape index (κ3) is 3.92. The van der Waals surface area contributed by atoms with Gasteiger partial charge in [-0.15, -0.1) is 0 Å². The molecule has 0 aliphatic heterocycles. The molecule has 0 aromatic carbocycles. The van der Waals surface area contributed by atoms with Crippen LogP contribution in [0.3, 0.4) is 0 Å². The number of hydrogen-bond acceptors (Lipinski definition) is 1. The Hall–Kier alpha value is -1.62. The molecule has 0 spiro atoms. The van der Waals surface area contributed by atoms with Gasteiger partial charge in [0.05, 0.1) is 25.7 Å². The second-order valence-corrected chi connectivity index (χ2v) is 4.87. The van der Waals surface area contributed by atoms with E-state index in [1.54, 1.807) is 0 Å². The third-order valence-electron chi connectivity index (χ3n) is 3.36. The van der Waals surface area contributed by atoms with Gasteiger partial charge in [0.25, 0.3) is 0 Å². The molecule has 0 fully saturated rings. The highest BCUT2D eigenvalue weighted by Crippen LogP contribution is 1.94. The molecule has 0 saturated heterocycles. The Bertz CT molecular complexity index is 503.